The average Bonchev–Trinajstić information content (AvgIpc) is 2.43. The molecule has 4 N–H and O–H groups in total. The minimum Gasteiger partial charge on any atom is -0.399 e. The smallest absolute Gasteiger partial charge is 0.323 e. The molecule has 0 saturated carbocycles. The van der Waals surface area contributed by atoms with Crippen LogP contribution in [-0.2, 0) is 0 Å². The summed E-state index contributed by atoms with van der Waals surface area (Å²) in [6, 6.07) is 8.40. The first-order chi connectivity index (χ1) is 9.95. The topological polar surface area (TPSA) is 110 Å². The highest BCUT2D eigenvalue weighted by Gasteiger charge is 2.10. The number of nitrogens with zero attached hydrogens (tertiary/aromatic N) is 1. The second kappa shape index (κ2) is 5.87. The number of nitrogen functional groups attached to an aromatic ring is 1. The first-order valence-electron chi connectivity index (χ1n) is 5.83. The summed E-state index contributed by atoms with van der Waals surface area (Å²) in [5, 5.41) is 15.3. The first kappa shape index (κ1) is 14.3. The Morgan fingerprint density at radius 3 is 2.67 bits per heavy atom. The molecular weight excluding hydrogens is 279 g/mol. The second-order valence-electron chi connectivity index (χ2n) is 4.13. The maximum atomic E-state index is 13.5. The Morgan fingerprint density at radius 2 is 1.95 bits per heavy atom. The molecule has 0 aliphatic heterocycles. The number of carbonyl (C=O) groups is 1. The van der Waals surface area contributed by atoms with Crippen LogP contribution < -0.4 is 16.4 Å². The van der Waals surface area contributed by atoms with Crippen LogP contribution in [-0.4, -0.2) is 11.0 Å². The number of urea groups is 1. The van der Waals surface area contributed by atoms with Crippen LogP contribution >= 0.6 is 0 Å². The number of hydrogen-bond donors (Lipinski definition) is 3. The van der Waals surface area contributed by atoms with E-state index in [1.807, 2.05) is 0 Å². The van der Waals surface area contributed by atoms with Crippen LogP contribution in [0.1, 0.15) is 0 Å². The molecule has 0 radical (unpaired) electrons. The Labute approximate surface area is 118 Å². The molecule has 0 atom stereocenters. The third kappa shape index (κ3) is 3.66. The molecule has 21 heavy (non-hydrogen) atoms. The monoisotopic (exact) mass is 290 g/mol. The maximum Gasteiger partial charge on any atom is 0.323 e. The van der Waals surface area contributed by atoms with E-state index < -0.39 is 16.8 Å². The molecule has 108 valence electrons. The van der Waals surface area contributed by atoms with Crippen LogP contribution in [0.4, 0.5) is 31.9 Å². The quantitative estimate of drug-likeness (QED) is 0.458. The first-order valence-corrected chi connectivity index (χ1v) is 5.83. The van der Waals surface area contributed by atoms with Crippen molar-refractivity contribution in [1.82, 2.24) is 0 Å². The van der Waals surface area contributed by atoms with E-state index in [2.05, 4.69) is 10.6 Å². The lowest BCUT2D eigenvalue weighted by Crippen LogP contribution is -2.20. The van der Waals surface area contributed by atoms with E-state index in [0.717, 1.165) is 6.07 Å². The zero-order chi connectivity index (χ0) is 15.4. The molecule has 0 bridgehead atoms. The number of nitrogens with one attached hydrogen (secondary N) is 2. The molecule has 0 unspecified atom stereocenters. The summed E-state index contributed by atoms with van der Waals surface area (Å²) in [7, 11) is 0. The van der Waals surface area contributed by atoms with Crippen molar-refractivity contribution in [3.8, 4) is 0 Å². The fourth-order valence-corrected chi connectivity index (χ4v) is 1.62. The number of halogens is 1. The number of nitro benzene ring substituents is 1. The summed E-state index contributed by atoms with van der Waals surface area (Å²) in [5.41, 5.74) is 5.75. The summed E-state index contributed by atoms with van der Waals surface area (Å²) in [6.45, 7) is 0. The van der Waals surface area contributed by atoms with Crippen LogP contribution in [0.3, 0.4) is 0 Å². The standard InChI is InChI=1S/C13H11FN4O3/c14-11-5-4-8(15)6-12(11)17-13(19)16-9-2-1-3-10(7-9)18(20)21/h1-7H,15H2,(H2,16,17,19). The molecule has 0 aromatic heterocycles. The van der Waals surface area contributed by atoms with Crippen molar-refractivity contribution in [3.05, 3.63) is 58.4 Å². The van der Waals surface area contributed by atoms with Gasteiger partial charge in [0.15, 0.2) is 0 Å². The SMILES string of the molecule is Nc1ccc(F)c(NC(=O)Nc2cccc([N+](=O)[O-])c2)c1. The predicted molar refractivity (Wildman–Crippen MR) is 76.6 cm³/mol. The molecule has 0 aliphatic rings. The van der Waals surface area contributed by atoms with Crippen LogP contribution in [0.15, 0.2) is 42.5 Å². The minimum atomic E-state index is -0.736. The highest BCUT2D eigenvalue weighted by Crippen LogP contribution is 2.19. The van der Waals surface area contributed by atoms with Crippen LogP contribution in [0.5, 0.6) is 0 Å². The fourth-order valence-electron chi connectivity index (χ4n) is 1.62. The molecule has 0 spiro atoms. The van der Waals surface area contributed by atoms with Gasteiger partial charge in [-0.3, -0.25) is 10.1 Å². The van der Waals surface area contributed by atoms with Gasteiger partial charge in [-0.25, -0.2) is 9.18 Å². The van der Waals surface area contributed by atoms with Crippen molar-refractivity contribution < 1.29 is 14.1 Å². The van der Waals surface area contributed by atoms with Gasteiger partial charge in [0.25, 0.3) is 5.69 Å². The Kier molecular flexibility index (Phi) is 3.98. The van der Waals surface area contributed by atoms with Gasteiger partial charge in [0.05, 0.1) is 10.6 Å². The van der Waals surface area contributed by atoms with Gasteiger partial charge < -0.3 is 16.4 Å². The number of hydrogen-bond acceptors (Lipinski definition) is 4. The van der Waals surface area contributed by atoms with Crippen molar-refractivity contribution in [2.75, 3.05) is 16.4 Å². The summed E-state index contributed by atoms with van der Waals surface area (Å²) in [4.78, 5) is 21.8. The van der Waals surface area contributed by atoms with E-state index in [-0.39, 0.29) is 17.1 Å². The van der Waals surface area contributed by atoms with E-state index in [0.29, 0.717) is 5.69 Å². The fraction of sp³-hybridized carbons (Fsp3) is 0. The van der Waals surface area contributed by atoms with Crippen LogP contribution in [0.25, 0.3) is 0 Å². The predicted octanol–water partition coefficient (Wildman–Crippen LogP) is 2.96. The third-order valence-electron chi connectivity index (χ3n) is 2.55. The van der Waals surface area contributed by atoms with Crippen molar-refractivity contribution in [2.24, 2.45) is 0 Å². The van der Waals surface area contributed by atoms with Gasteiger partial charge in [0.1, 0.15) is 5.82 Å². The van der Waals surface area contributed by atoms with Gasteiger partial charge in [-0.15, -0.1) is 0 Å². The lowest BCUT2D eigenvalue weighted by atomic mass is 10.2. The lowest BCUT2D eigenvalue weighted by molar-refractivity contribution is -0.384. The van der Waals surface area contributed by atoms with E-state index >= 15 is 0 Å². The number of nitrogens with two attached hydrogens (primary N) is 1. The number of nitro groups is 1. The largest absolute Gasteiger partial charge is 0.399 e. The molecule has 0 heterocycles. The Hall–Kier alpha value is -3.16. The van der Waals surface area contributed by atoms with Gasteiger partial charge in [0, 0.05) is 23.5 Å². The highest BCUT2D eigenvalue weighted by molar-refractivity contribution is 6.00. The summed E-state index contributed by atoms with van der Waals surface area (Å²) in [5.74, 6) is -0.640. The van der Waals surface area contributed by atoms with Crippen molar-refractivity contribution >= 4 is 28.8 Å². The molecule has 7 nitrogen and oxygen atoms in total. The number of anilines is 3. The van der Waals surface area contributed by atoms with Crippen molar-refractivity contribution in [3.63, 3.8) is 0 Å². The van der Waals surface area contributed by atoms with E-state index in [9.17, 15) is 19.3 Å². The molecule has 0 fully saturated rings. The van der Waals surface area contributed by atoms with Crippen molar-refractivity contribution in [1.29, 1.82) is 0 Å². The van der Waals surface area contributed by atoms with E-state index in [1.165, 1.54) is 36.4 Å². The Balaban J connectivity index is 2.10. The number of rotatable bonds is 3. The zero-order valence-corrected chi connectivity index (χ0v) is 10.7. The zero-order valence-electron chi connectivity index (χ0n) is 10.7. The van der Waals surface area contributed by atoms with Crippen LogP contribution in [0, 0.1) is 15.9 Å². The highest BCUT2D eigenvalue weighted by atomic mass is 19.1. The Bertz CT molecular complexity index is 706. The molecule has 2 aromatic rings. The normalized spacial score (nSPS) is 9.95. The summed E-state index contributed by atoms with van der Waals surface area (Å²) >= 11 is 0. The minimum absolute atomic E-state index is 0.0852. The molecule has 8 heteroatoms. The van der Waals surface area contributed by atoms with Gasteiger partial charge in [0.2, 0.25) is 0 Å². The van der Waals surface area contributed by atoms with Gasteiger partial charge >= 0.3 is 6.03 Å². The number of non-ortho nitro benzene ring substituents is 1. The van der Waals surface area contributed by atoms with Gasteiger partial charge in [-0.2, -0.15) is 0 Å². The third-order valence-corrected chi connectivity index (χ3v) is 2.55. The molecule has 0 saturated heterocycles. The Morgan fingerprint density at radius 1 is 1.19 bits per heavy atom. The average molecular weight is 290 g/mol. The van der Waals surface area contributed by atoms with Crippen LogP contribution in [0.2, 0.25) is 0 Å². The van der Waals surface area contributed by atoms with E-state index in [1.54, 1.807) is 0 Å². The summed E-state index contributed by atoms with van der Waals surface area (Å²) < 4.78 is 13.5. The molecule has 0 aliphatic carbocycles. The van der Waals surface area contributed by atoms with E-state index in [4.69, 9.17) is 5.73 Å². The summed E-state index contributed by atoms with van der Waals surface area (Å²) in [6.07, 6.45) is 0. The van der Waals surface area contributed by atoms with Gasteiger partial charge in [-0.05, 0) is 24.3 Å². The molecule has 2 rings (SSSR count). The number of amides is 2. The molecule has 2 amide bonds. The number of carbonyl (C=O) groups excluding carboxylic acids is 1. The lowest BCUT2D eigenvalue weighted by Gasteiger charge is -2.09. The second-order valence-corrected chi connectivity index (χ2v) is 4.13. The van der Waals surface area contributed by atoms with Crippen molar-refractivity contribution in [2.45, 2.75) is 0 Å². The van der Waals surface area contributed by atoms with Gasteiger partial charge in [-0.1, -0.05) is 6.07 Å². The maximum absolute atomic E-state index is 13.5. The molecular formula is C13H11FN4O3. The molecule has 2 aromatic carbocycles. The number of benzene rings is 2.